The quantitative estimate of drug-likeness (QED) is 0.727. The van der Waals surface area contributed by atoms with Gasteiger partial charge in [0.2, 0.25) is 0 Å². The number of aryl methyl sites for hydroxylation is 1. The number of rotatable bonds is 6. The van der Waals surface area contributed by atoms with Gasteiger partial charge in [0.1, 0.15) is 38.1 Å². The van der Waals surface area contributed by atoms with Gasteiger partial charge in [-0.3, -0.25) is 0 Å². The second-order valence-corrected chi connectivity index (χ2v) is 3.06. The van der Waals surface area contributed by atoms with E-state index in [1.807, 2.05) is 6.92 Å². The molecule has 4 heteroatoms. The Morgan fingerprint density at radius 1 is 0.933 bits per heavy atom. The first-order valence-electron chi connectivity index (χ1n) is 4.75. The average molecular weight is 216 g/mol. The molecule has 0 fully saturated rings. The largest absolute Gasteiger partial charge is 0.491 e. The smallest absolute Gasteiger partial charge is 0.123 e. The number of alkyl halides is 2. The summed E-state index contributed by atoms with van der Waals surface area (Å²) in [7, 11) is 0. The van der Waals surface area contributed by atoms with Crippen molar-refractivity contribution < 1.29 is 18.3 Å². The van der Waals surface area contributed by atoms with Gasteiger partial charge in [-0.25, -0.2) is 8.78 Å². The molecule has 0 heterocycles. The molecule has 0 saturated carbocycles. The van der Waals surface area contributed by atoms with Crippen molar-refractivity contribution in [3.63, 3.8) is 0 Å². The average Bonchev–Trinajstić information content (AvgIpc) is 2.23. The third-order valence-corrected chi connectivity index (χ3v) is 1.72. The molecule has 0 aliphatic carbocycles. The molecule has 0 amide bonds. The Kier molecular flexibility index (Phi) is 4.87. The first kappa shape index (κ1) is 11.8. The first-order chi connectivity index (χ1) is 7.26. The molecule has 1 aromatic carbocycles. The van der Waals surface area contributed by atoms with Crippen LogP contribution < -0.4 is 9.47 Å². The second-order valence-electron chi connectivity index (χ2n) is 3.06. The molecule has 0 aromatic heterocycles. The molecule has 0 aliphatic rings. The van der Waals surface area contributed by atoms with Crippen molar-refractivity contribution in [1.82, 2.24) is 0 Å². The molecular formula is C11H14F2O2. The summed E-state index contributed by atoms with van der Waals surface area (Å²) in [6, 6.07) is 5.17. The third-order valence-electron chi connectivity index (χ3n) is 1.72. The highest BCUT2D eigenvalue weighted by Crippen LogP contribution is 2.22. The number of hydrogen-bond acceptors (Lipinski definition) is 2. The van der Waals surface area contributed by atoms with Crippen LogP contribution in [0.5, 0.6) is 11.5 Å². The van der Waals surface area contributed by atoms with Crippen LogP contribution in [0.3, 0.4) is 0 Å². The monoisotopic (exact) mass is 216 g/mol. The summed E-state index contributed by atoms with van der Waals surface area (Å²) in [6.07, 6.45) is 0. The van der Waals surface area contributed by atoms with Gasteiger partial charge in [0.15, 0.2) is 0 Å². The second kappa shape index (κ2) is 6.22. The van der Waals surface area contributed by atoms with Crippen molar-refractivity contribution in [2.24, 2.45) is 0 Å². The molecule has 1 aromatic rings. The molecule has 0 radical (unpaired) electrons. The lowest BCUT2D eigenvalue weighted by Gasteiger charge is -2.09. The van der Waals surface area contributed by atoms with E-state index >= 15 is 0 Å². The van der Waals surface area contributed by atoms with E-state index in [0.29, 0.717) is 11.5 Å². The van der Waals surface area contributed by atoms with Crippen molar-refractivity contribution in [3.8, 4) is 11.5 Å². The van der Waals surface area contributed by atoms with Crippen LogP contribution in [0.1, 0.15) is 5.56 Å². The van der Waals surface area contributed by atoms with Crippen LogP contribution >= 0.6 is 0 Å². The van der Waals surface area contributed by atoms with E-state index in [9.17, 15) is 8.78 Å². The van der Waals surface area contributed by atoms with Gasteiger partial charge < -0.3 is 9.47 Å². The SMILES string of the molecule is Cc1cc(OCCF)cc(OCCF)c1. The first-order valence-corrected chi connectivity index (χ1v) is 4.75. The predicted octanol–water partition coefficient (Wildman–Crippen LogP) is 2.69. The van der Waals surface area contributed by atoms with E-state index in [2.05, 4.69) is 0 Å². The fourth-order valence-corrected chi connectivity index (χ4v) is 1.19. The van der Waals surface area contributed by atoms with Crippen molar-refractivity contribution >= 4 is 0 Å². The van der Waals surface area contributed by atoms with Crippen molar-refractivity contribution in [2.45, 2.75) is 6.92 Å². The van der Waals surface area contributed by atoms with E-state index in [0.717, 1.165) is 5.56 Å². The minimum atomic E-state index is -0.533. The van der Waals surface area contributed by atoms with E-state index in [4.69, 9.17) is 9.47 Å². The molecular weight excluding hydrogens is 202 g/mol. The van der Waals surface area contributed by atoms with Crippen LogP contribution in [0.15, 0.2) is 18.2 Å². The Balaban J connectivity index is 2.66. The minimum absolute atomic E-state index is 0.0198. The van der Waals surface area contributed by atoms with Crippen molar-refractivity contribution in [3.05, 3.63) is 23.8 Å². The summed E-state index contributed by atoms with van der Waals surface area (Å²) >= 11 is 0. The maximum atomic E-state index is 11.9. The van der Waals surface area contributed by atoms with Crippen LogP contribution in [0, 0.1) is 6.92 Å². The third kappa shape index (κ3) is 4.14. The normalized spacial score (nSPS) is 10.1. The zero-order valence-corrected chi connectivity index (χ0v) is 8.63. The Bertz CT molecular complexity index is 276. The Labute approximate surface area is 87.8 Å². The Hall–Kier alpha value is -1.32. The molecule has 0 unspecified atom stereocenters. The molecule has 0 atom stereocenters. The molecule has 84 valence electrons. The highest BCUT2D eigenvalue weighted by molar-refractivity contribution is 5.37. The number of benzene rings is 1. The zero-order valence-electron chi connectivity index (χ0n) is 8.63. The highest BCUT2D eigenvalue weighted by Gasteiger charge is 2.00. The zero-order chi connectivity index (χ0) is 11.1. The Morgan fingerprint density at radius 3 is 1.80 bits per heavy atom. The molecule has 0 N–H and O–H groups in total. The summed E-state index contributed by atoms with van der Waals surface area (Å²) in [6.45, 7) is 0.839. The Morgan fingerprint density at radius 2 is 1.40 bits per heavy atom. The summed E-state index contributed by atoms with van der Waals surface area (Å²) < 4.78 is 34.0. The van der Waals surface area contributed by atoms with Gasteiger partial charge in [-0.2, -0.15) is 0 Å². The minimum Gasteiger partial charge on any atom is -0.491 e. The summed E-state index contributed by atoms with van der Waals surface area (Å²) in [5, 5.41) is 0. The fourth-order valence-electron chi connectivity index (χ4n) is 1.19. The van der Waals surface area contributed by atoms with Crippen LogP contribution in [0.25, 0.3) is 0 Å². The molecule has 0 aliphatic heterocycles. The predicted molar refractivity (Wildman–Crippen MR) is 54.1 cm³/mol. The van der Waals surface area contributed by atoms with Crippen molar-refractivity contribution in [1.29, 1.82) is 0 Å². The number of hydrogen-bond donors (Lipinski definition) is 0. The van der Waals surface area contributed by atoms with Crippen LogP contribution in [0.2, 0.25) is 0 Å². The van der Waals surface area contributed by atoms with Gasteiger partial charge in [0.05, 0.1) is 0 Å². The molecule has 0 spiro atoms. The maximum absolute atomic E-state index is 11.9. The van der Waals surface area contributed by atoms with E-state index < -0.39 is 13.3 Å². The summed E-state index contributed by atoms with van der Waals surface area (Å²) in [5.41, 5.74) is 0.931. The standard InChI is InChI=1S/C11H14F2O2/c1-9-6-10(14-4-2-12)8-11(7-9)15-5-3-13/h6-8H,2-5H2,1H3. The van der Waals surface area contributed by atoms with Gasteiger partial charge in [-0.1, -0.05) is 0 Å². The van der Waals surface area contributed by atoms with Crippen LogP contribution in [-0.4, -0.2) is 26.6 Å². The van der Waals surface area contributed by atoms with Crippen LogP contribution in [0.4, 0.5) is 8.78 Å². The molecule has 2 nitrogen and oxygen atoms in total. The van der Waals surface area contributed by atoms with E-state index in [-0.39, 0.29) is 13.2 Å². The molecule has 0 saturated heterocycles. The summed E-state index contributed by atoms with van der Waals surface area (Å²) in [4.78, 5) is 0. The topological polar surface area (TPSA) is 18.5 Å². The lowest BCUT2D eigenvalue weighted by Crippen LogP contribution is -2.01. The van der Waals surface area contributed by atoms with Gasteiger partial charge in [0.25, 0.3) is 0 Å². The van der Waals surface area contributed by atoms with Gasteiger partial charge in [0, 0.05) is 6.07 Å². The van der Waals surface area contributed by atoms with E-state index in [1.165, 1.54) is 0 Å². The maximum Gasteiger partial charge on any atom is 0.123 e. The van der Waals surface area contributed by atoms with Gasteiger partial charge in [-0.15, -0.1) is 0 Å². The van der Waals surface area contributed by atoms with E-state index in [1.54, 1.807) is 18.2 Å². The lowest BCUT2D eigenvalue weighted by molar-refractivity contribution is 0.261. The molecule has 1 rings (SSSR count). The number of halogens is 2. The molecule has 15 heavy (non-hydrogen) atoms. The molecule has 0 bridgehead atoms. The van der Waals surface area contributed by atoms with Gasteiger partial charge in [-0.05, 0) is 24.6 Å². The van der Waals surface area contributed by atoms with Crippen molar-refractivity contribution in [2.75, 3.05) is 26.6 Å². The fraction of sp³-hybridized carbons (Fsp3) is 0.455. The van der Waals surface area contributed by atoms with Crippen LogP contribution in [-0.2, 0) is 0 Å². The summed E-state index contributed by atoms with van der Waals surface area (Å²) in [5.74, 6) is 1.09. The van der Waals surface area contributed by atoms with Gasteiger partial charge >= 0.3 is 0 Å². The lowest BCUT2D eigenvalue weighted by atomic mass is 10.2. The number of ether oxygens (including phenoxy) is 2. The highest BCUT2D eigenvalue weighted by atomic mass is 19.1.